The fourth-order valence-electron chi connectivity index (χ4n) is 1.40. The van der Waals surface area contributed by atoms with Crippen LogP contribution >= 0.6 is 11.6 Å². The molecule has 0 amide bonds. The minimum absolute atomic E-state index is 0.752. The van der Waals surface area contributed by atoms with Crippen molar-refractivity contribution in [2.45, 2.75) is 13.3 Å². The fourth-order valence-corrected chi connectivity index (χ4v) is 1.61. The summed E-state index contributed by atoms with van der Waals surface area (Å²) in [7, 11) is 0. The highest BCUT2D eigenvalue weighted by Crippen LogP contribution is 2.15. The molecule has 3 heteroatoms. The van der Waals surface area contributed by atoms with E-state index >= 15 is 0 Å². The van der Waals surface area contributed by atoms with Gasteiger partial charge in [0.2, 0.25) is 0 Å². The number of aromatic nitrogens is 2. The Bertz CT molecular complexity index is 469. The van der Waals surface area contributed by atoms with E-state index in [0.717, 1.165) is 28.3 Å². The number of hydrogen-bond acceptors (Lipinski definition) is 2. The van der Waals surface area contributed by atoms with Crippen molar-refractivity contribution < 1.29 is 0 Å². The normalized spacial score (nSPS) is 10.3. The second-order valence-corrected chi connectivity index (χ2v) is 3.79. The molecule has 75 valence electrons. The summed E-state index contributed by atoms with van der Waals surface area (Å²) in [5.41, 5.74) is 3.13. The van der Waals surface area contributed by atoms with Gasteiger partial charge in [-0.25, -0.2) is 9.97 Å². The van der Waals surface area contributed by atoms with Crippen LogP contribution in [-0.4, -0.2) is 9.97 Å². The van der Waals surface area contributed by atoms with Crippen LogP contribution in [0.4, 0.5) is 0 Å². The van der Waals surface area contributed by atoms with Crippen molar-refractivity contribution in [1.82, 2.24) is 9.97 Å². The first-order chi connectivity index (χ1) is 7.25. The van der Waals surface area contributed by atoms with Gasteiger partial charge in [0, 0.05) is 22.7 Å². The van der Waals surface area contributed by atoms with Gasteiger partial charge in [0.1, 0.15) is 6.33 Å². The summed E-state index contributed by atoms with van der Waals surface area (Å²) in [6, 6.07) is 7.79. The fraction of sp³-hybridized carbons (Fsp3) is 0.167. The molecule has 1 heterocycles. The number of rotatable bonds is 2. The lowest BCUT2D eigenvalue weighted by molar-refractivity contribution is 1.01. The molecule has 0 saturated heterocycles. The third-order valence-electron chi connectivity index (χ3n) is 2.22. The molecule has 0 saturated carbocycles. The maximum Gasteiger partial charge on any atom is 0.116 e. The van der Waals surface area contributed by atoms with E-state index in [-0.39, 0.29) is 0 Å². The van der Waals surface area contributed by atoms with Gasteiger partial charge >= 0.3 is 0 Å². The zero-order valence-electron chi connectivity index (χ0n) is 8.37. The second kappa shape index (κ2) is 4.41. The average Bonchev–Trinajstić information content (AvgIpc) is 2.22. The van der Waals surface area contributed by atoms with Gasteiger partial charge in [-0.15, -0.1) is 0 Å². The molecule has 0 atom stereocenters. The molecular weight excluding hydrogens is 208 g/mol. The van der Waals surface area contributed by atoms with Gasteiger partial charge in [-0.1, -0.05) is 23.7 Å². The van der Waals surface area contributed by atoms with Crippen molar-refractivity contribution in [3.63, 3.8) is 0 Å². The van der Waals surface area contributed by atoms with Gasteiger partial charge in [-0.2, -0.15) is 0 Å². The van der Waals surface area contributed by atoms with Crippen LogP contribution in [0.2, 0.25) is 5.02 Å². The van der Waals surface area contributed by atoms with E-state index in [1.807, 2.05) is 31.2 Å². The molecule has 0 spiro atoms. The van der Waals surface area contributed by atoms with Crippen LogP contribution in [0.25, 0.3) is 0 Å². The summed E-state index contributed by atoms with van der Waals surface area (Å²) in [4.78, 5) is 8.02. The monoisotopic (exact) mass is 217 g/mol. The molecule has 1 radical (unpaired) electrons. The Balaban J connectivity index is 2.26. The zero-order chi connectivity index (χ0) is 10.7. The lowest BCUT2D eigenvalue weighted by Gasteiger charge is -2.03. The molecule has 15 heavy (non-hydrogen) atoms. The average molecular weight is 218 g/mol. The number of halogens is 1. The number of nitrogens with zero attached hydrogens (tertiary/aromatic N) is 2. The first-order valence-electron chi connectivity index (χ1n) is 4.68. The van der Waals surface area contributed by atoms with Crippen molar-refractivity contribution in [2.75, 3.05) is 0 Å². The van der Waals surface area contributed by atoms with Gasteiger partial charge in [0.05, 0.1) is 6.20 Å². The molecule has 2 aromatic rings. The minimum Gasteiger partial charge on any atom is -0.241 e. The topological polar surface area (TPSA) is 25.8 Å². The molecule has 0 bridgehead atoms. The predicted molar refractivity (Wildman–Crippen MR) is 59.9 cm³/mol. The first-order valence-corrected chi connectivity index (χ1v) is 5.06. The number of aryl methyl sites for hydroxylation is 1. The third kappa shape index (κ3) is 2.54. The Hall–Kier alpha value is -1.41. The van der Waals surface area contributed by atoms with Crippen LogP contribution in [0.5, 0.6) is 0 Å². The highest BCUT2D eigenvalue weighted by Gasteiger charge is 2.01. The third-order valence-corrected chi connectivity index (χ3v) is 2.45. The summed E-state index contributed by atoms with van der Waals surface area (Å²) in [6.45, 7) is 1.96. The summed E-state index contributed by atoms with van der Waals surface area (Å²) < 4.78 is 0. The number of benzene rings is 1. The molecule has 0 N–H and O–H groups in total. The van der Waals surface area contributed by atoms with Crippen molar-refractivity contribution in [1.29, 1.82) is 0 Å². The summed E-state index contributed by atoms with van der Waals surface area (Å²) in [5, 5.41) is 0.752. The SMILES string of the molecule is Cc1ncn[c]c1Cc1cccc(Cl)c1. The Morgan fingerprint density at radius 2 is 2.27 bits per heavy atom. The van der Waals surface area contributed by atoms with Gasteiger partial charge < -0.3 is 0 Å². The standard InChI is InChI=1S/C12H10ClN2/c1-9-11(7-14-8-15-9)5-10-3-2-4-12(13)6-10/h2-4,6,8H,5H2,1H3. The number of hydrogen-bond donors (Lipinski definition) is 0. The van der Waals surface area contributed by atoms with Gasteiger partial charge in [0.15, 0.2) is 0 Å². The molecule has 1 aromatic carbocycles. The Labute approximate surface area is 94.0 Å². The highest BCUT2D eigenvalue weighted by atomic mass is 35.5. The lowest BCUT2D eigenvalue weighted by atomic mass is 10.1. The van der Waals surface area contributed by atoms with Crippen molar-refractivity contribution in [2.24, 2.45) is 0 Å². The van der Waals surface area contributed by atoms with Crippen LogP contribution in [-0.2, 0) is 6.42 Å². The van der Waals surface area contributed by atoms with E-state index in [1.54, 1.807) is 0 Å². The van der Waals surface area contributed by atoms with Crippen molar-refractivity contribution >= 4 is 11.6 Å². The largest absolute Gasteiger partial charge is 0.241 e. The molecule has 2 rings (SSSR count). The maximum atomic E-state index is 5.91. The molecular formula is C12H10ClN2. The molecule has 2 nitrogen and oxygen atoms in total. The molecule has 0 unspecified atom stereocenters. The predicted octanol–water partition coefficient (Wildman–Crippen LogP) is 2.83. The van der Waals surface area contributed by atoms with Crippen molar-refractivity contribution in [3.05, 3.63) is 58.6 Å². The van der Waals surface area contributed by atoms with E-state index in [4.69, 9.17) is 11.6 Å². The van der Waals surface area contributed by atoms with Crippen LogP contribution in [0, 0.1) is 13.1 Å². The summed E-state index contributed by atoms with van der Waals surface area (Å²) in [5.74, 6) is 0. The second-order valence-electron chi connectivity index (χ2n) is 3.36. The van der Waals surface area contributed by atoms with Gasteiger partial charge in [-0.3, -0.25) is 0 Å². The highest BCUT2D eigenvalue weighted by molar-refractivity contribution is 6.30. The van der Waals surface area contributed by atoms with Gasteiger partial charge in [0.25, 0.3) is 0 Å². The van der Waals surface area contributed by atoms with Crippen LogP contribution in [0.15, 0.2) is 30.6 Å². The maximum absolute atomic E-state index is 5.91. The summed E-state index contributed by atoms with van der Waals surface area (Å²) >= 11 is 5.91. The minimum atomic E-state index is 0.752. The Morgan fingerprint density at radius 1 is 1.40 bits per heavy atom. The van der Waals surface area contributed by atoms with Gasteiger partial charge in [-0.05, 0) is 24.6 Å². The zero-order valence-corrected chi connectivity index (χ0v) is 9.12. The Kier molecular flexibility index (Phi) is 2.97. The Morgan fingerprint density at radius 3 is 3.00 bits per heavy atom. The van der Waals surface area contributed by atoms with Crippen LogP contribution < -0.4 is 0 Å². The molecule has 0 aliphatic heterocycles. The molecule has 0 aliphatic rings. The van der Waals surface area contributed by atoms with E-state index in [1.165, 1.54) is 6.33 Å². The molecule has 1 aromatic heterocycles. The summed E-state index contributed by atoms with van der Waals surface area (Å²) in [6.07, 6.45) is 5.23. The molecule has 0 aliphatic carbocycles. The van der Waals surface area contributed by atoms with E-state index < -0.39 is 0 Å². The van der Waals surface area contributed by atoms with E-state index in [0.29, 0.717) is 0 Å². The van der Waals surface area contributed by atoms with E-state index in [9.17, 15) is 0 Å². The molecule has 0 fully saturated rings. The van der Waals surface area contributed by atoms with Crippen LogP contribution in [0.1, 0.15) is 16.8 Å². The van der Waals surface area contributed by atoms with Crippen LogP contribution in [0.3, 0.4) is 0 Å². The lowest BCUT2D eigenvalue weighted by Crippen LogP contribution is -1.95. The smallest absolute Gasteiger partial charge is 0.116 e. The van der Waals surface area contributed by atoms with E-state index in [2.05, 4.69) is 16.2 Å². The quantitative estimate of drug-likeness (QED) is 0.773. The van der Waals surface area contributed by atoms with Crippen molar-refractivity contribution in [3.8, 4) is 0 Å². The first kappa shape index (κ1) is 10.1.